The van der Waals surface area contributed by atoms with Gasteiger partial charge in [0.2, 0.25) is 10.0 Å². The van der Waals surface area contributed by atoms with Crippen molar-refractivity contribution in [2.75, 3.05) is 26.2 Å². The first-order chi connectivity index (χ1) is 12.4. The zero-order valence-corrected chi connectivity index (χ0v) is 16.5. The molecule has 1 aliphatic heterocycles. The van der Waals surface area contributed by atoms with Crippen LogP contribution in [0.15, 0.2) is 48.1 Å². The molecule has 0 unspecified atom stereocenters. The van der Waals surface area contributed by atoms with Crippen molar-refractivity contribution >= 4 is 33.8 Å². The minimum atomic E-state index is -3.50. The summed E-state index contributed by atoms with van der Waals surface area (Å²) in [5.74, 6) is 0. The maximum absolute atomic E-state index is 12.7. The Hall–Kier alpha value is -1.52. The fraction of sp³-hybridized carbons (Fsp3) is 0.375. The molecule has 0 amide bonds. The Morgan fingerprint density at radius 3 is 2.46 bits per heavy atom. The molecule has 26 heavy (non-hydrogen) atoms. The lowest BCUT2D eigenvalue weighted by atomic mass is 10.4. The van der Waals surface area contributed by atoms with Gasteiger partial charge in [-0.25, -0.2) is 13.1 Å². The highest BCUT2D eigenvalue weighted by Crippen LogP contribution is 2.20. The second kappa shape index (κ2) is 8.01. The Morgan fingerprint density at radius 1 is 1.19 bits per heavy atom. The third-order valence-electron chi connectivity index (χ3n) is 4.24. The van der Waals surface area contributed by atoms with Crippen LogP contribution in [0.3, 0.4) is 0 Å². The number of halogens is 1. The molecule has 140 valence electrons. The van der Waals surface area contributed by atoms with E-state index in [1.165, 1.54) is 16.4 Å². The Bertz CT molecular complexity index is 928. The van der Waals surface area contributed by atoms with E-state index < -0.39 is 10.0 Å². The summed E-state index contributed by atoms with van der Waals surface area (Å²) in [6.07, 6.45) is 3.45. The van der Waals surface area contributed by atoms with Crippen molar-refractivity contribution in [3.8, 4) is 0 Å². The zero-order chi connectivity index (χ0) is 18.7. The molecule has 1 aliphatic rings. The maximum Gasteiger partial charge on any atom is 0.243 e. The lowest BCUT2D eigenvalue weighted by Crippen LogP contribution is -2.48. The van der Waals surface area contributed by atoms with Gasteiger partial charge < -0.3 is 4.57 Å². The fourth-order valence-electron chi connectivity index (χ4n) is 2.79. The van der Waals surface area contributed by atoms with E-state index in [0.29, 0.717) is 49.2 Å². The predicted octanol–water partition coefficient (Wildman–Crippen LogP) is 2.22. The molecular weight excluding hydrogens is 394 g/mol. The van der Waals surface area contributed by atoms with E-state index in [2.05, 4.69) is 16.6 Å². The predicted molar refractivity (Wildman–Crippen MR) is 103 cm³/mol. The molecule has 1 aromatic heterocycles. The summed E-state index contributed by atoms with van der Waals surface area (Å²) in [7, 11) is -3.50. The molecule has 10 heteroatoms. The first kappa shape index (κ1) is 19.2. The first-order valence-corrected chi connectivity index (χ1v) is 10.4. The highest BCUT2D eigenvalue weighted by atomic mass is 35.5. The monoisotopic (exact) mass is 413 g/mol. The van der Waals surface area contributed by atoms with Crippen LogP contribution in [-0.2, 0) is 23.2 Å². The number of aromatic nitrogens is 3. The van der Waals surface area contributed by atoms with E-state index in [9.17, 15) is 8.42 Å². The molecule has 0 atom stereocenters. The quantitative estimate of drug-likeness (QED) is 0.536. The average molecular weight is 414 g/mol. The minimum absolute atomic E-state index is 0.265. The van der Waals surface area contributed by atoms with Gasteiger partial charge in [0.15, 0.2) is 4.77 Å². The highest BCUT2D eigenvalue weighted by Gasteiger charge is 2.28. The second-order valence-corrected chi connectivity index (χ2v) is 8.71. The summed E-state index contributed by atoms with van der Waals surface area (Å²) in [4.78, 5) is 2.40. The minimum Gasteiger partial charge on any atom is -0.303 e. The molecule has 2 heterocycles. The van der Waals surface area contributed by atoms with Gasteiger partial charge in [0.25, 0.3) is 0 Å². The van der Waals surface area contributed by atoms with Gasteiger partial charge in [-0.1, -0.05) is 17.7 Å². The van der Waals surface area contributed by atoms with Crippen LogP contribution in [0.25, 0.3) is 0 Å². The van der Waals surface area contributed by atoms with E-state index in [0.717, 1.165) is 0 Å². The summed E-state index contributed by atoms with van der Waals surface area (Å²) >= 11 is 11.2. The third kappa shape index (κ3) is 4.07. The Kier molecular flexibility index (Phi) is 5.93. The number of rotatable bonds is 6. The molecule has 1 saturated heterocycles. The molecule has 2 aromatic rings. The summed E-state index contributed by atoms with van der Waals surface area (Å²) in [6, 6.07) is 6.25. The maximum atomic E-state index is 12.7. The van der Waals surface area contributed by atoms with Crippen LogP contribution >= 0.6 is 23.8 Å². The van der Waals surface area contributed by atoms with Gasteiger partial charge in [0.05, 0.1) is 11.6 Å². The number of hydrogen-bond donors (Lipinski definition) is 0. The largest absolute Gasteiger partial charge is 0.303 e. The van der Waals surface area contributed by atoms with Gasteiger partial charge in [-0.3, -0.25) is 4.90 Å². The van der Waals surface area contributed by atoms with Gasteiger partial charge in [0, 0.05) is 37.7 Å². The van der Waals surface area contributed by atoms with Crippen molar-refractivity contribution in [3.05, 3.63) is 53.0 Å². The summed E-state index contributed by atoms with van der Waals surface area (Å²) in [5.41, 5.74) is 0. The standard InChI is InChI=1S/C16H20ClN5O2S2/c1-2-7-20-12-18-22(16(20)25)13-19-8-10-21(11-9-19)26(23,24)15-5-3-14(17)4-6-15/h2-6,12H,1,7-11,13H2. The smallest absolute Gasteiger partial charge is 0.243 e. The molecule has 1 aromatic carbocycles. The summed E-state index contributed by atoms with van der Waals surface area (Å²) < 4.78 is 31.1. The van der Waals surface area contributed by atoms with Crippen molar-refractivity contribution in [2.45, 2.75) is 18.1 Å². The van der Waals surface area contributed by atoms with E-state index in [4.69, 9.17) is 23.8 Å². The molecule has 0 N–H and O–H groups in total. The summed E-state index contributed by atoms with van der Waals surface area (Å²) in [6.45, 7) is 6.93. The van der Waals surface area contributed by atoms with Crippen LogP contribution in [0.1, 0.15) is 0 Å². The summed E-state index contributed by atoms with van der Waals surface area (Å²) in [5, 5.41) is 4.81. The lowest BCUT2D eigenvalue weighted by molar-refractivity contribution is 0.144. The number of hydrogen-bond acceptors (Lipinski definition) is 5. The third-order valence-corrected chi connectivity index (χ3v) is 6.85. The Labute approximate surface area is 163 Å². The van der Waals surface area contributed by atoms with Crippen LogP contribution in [0.5, 0.6) is 0 Å². The number of nitrogens with zero attached hydrogens (tertiary/aromatic N) is 5. The van der Waals surface area contributed by atoms with Crippen molar-refractivity contribution < 1.29 is 8.42 Å². The molecule has 0 radical (unpaired) electrons. The molecule has 0 spiro atoms. The van der Waals surface area contributed by atoms with Gasteiger partial charge in [0.1, 0.15) is 6.33 Å². The molecule has 0 saturated carbocycles. The van der Waals surface area contributed by atoms with E-state index >= 15 is 0 Å². The van der Waals surface area contributed by atoms with E-state index in [1.807, 2.05) is 4.57 Å². The normalized spacial score (nSPS) is 16.7. The molecular formula is C16H20ClN5O2S2. The molecule has 3 rings (SSSR count). The highest BCUT2D eigenvalue weighted by molar-refractivity contribution is 7.89. The number of allylic oxidation sites excluding steroid dienone is 1. The Morgan fingerprint density at radius 2 is 1.85 bits per heavy atom. The van der Waals surface area contributed by atoms with Crippen LogP contribution in [0.2, 0.25) is 5.02 Å². The fourth-order valence-corrected chi connectivity index (χ4v) is 4.56. The molecule has 1 fully saturated rings. The van der Waals surface area contributed by atoms with Crippen molar-refractivity contribution in [2.24, 2.45) is 0 Å². The molecule has 0 aliphatic carbocycles. The lowest BCUT2D eigenvalue weighted by Gasteiger charge is -2.33. The first-order valence-electron chi connectivity index (χ1n) is 8.13. The van der Waals surface area contributed by atoms with Gasteiger partial charge in [-0.15, -0.1) is 6.58 Å². The second-order valence-electron chi connectivity index (χ2n) is 5.97. The zero-order valence-electron chi connectivity index (χ0n) is 14.2. The number of benzene rings is 1. The van der Waals surface area contributed by atoms with E-state index in [1.54, 1.807) is 29.2 Å². The van der Waals surface area contributed by atoms with Crippen LogP contribution in [-0.4, -0.2) is 58.1 Å². The van der Waals surface area contributed by atoms with Gasteiger partial charge in [-0.05, 0) is 36.5 Å². The Balaban J connectivity index is 1.63. The number of sulfonamides is 1. The van der Waals surface area contributed by atoms with Crippen molar-refractivity contribution in [1.29, 1.82) is 0 Å². The average Bonchev–Trinajstić information content (AvgIpc) is 2.96. The molecule has 7 nitrogen and oxygen atoms in total. The van der Waals surface area contributed by atoms with Crippen LogP contribution < -0.4 is 0 Å². The van der Waals surface area contributed by atoms with Crippen LogP contribution in [0.4, 0.5) is 0 Å². The topological polar surface area (TPSA) is 63.4 Å². The van der Waals surface area contributed by atoms with Crippen molar-refractivity contribution in [3.63, 3.8) is 0 Å². The molecule has 0 bridgehead atoms. The van der Waals surface area contributed by atoms with Gasteiger partial charge >= 0.3 is 0 Å². The number of piperazine rings is 1. The van der Waals surface area contributed by atoms with E-state index in [-0.39, 0.29) is 4.90 Å². The van der Waals surface area contributed by atoms with Gasteiger partial charge in [-0.2, -0.15) is 9.40 Å². The van der Waals surface area contributed by atoms with Crippen LogP contribution in [0, 0.1) is 4.77 Å². The SMILES string of the molecule is C=CCn1cnn(CN2CCN(S(=O)(=O)c3ccc(Cl)cc3)CC2)c1=S. The van der Waals surface area contributed by atoms with Crippen molar-refractivity contribution in [1.82, 2.24) is 23.6 Å².